The number of aliphatic hydroxyl groups excluding tert-OH is 1. The lowest BCUT2D eigenvalue weighted by atomic mass is 9.79. The molecular formula is C11H22O2. The van der Waals surface area contributed by atoms with Crippen LogP contribution in [0.15, 0.2) is 0 Å². The smallest absolute Gasteiger partial charge is 0.0905 e. The summed E-state index contributed by atoms with van der Waals surface area (Å²) in [5.41, 5.74) is -0.757. The SMILES string of the molecule is CCCCC(O)C1(O)CCCCC1. The Hall–Kier alpha value is -0.0800. The maximum absolute atomic E-state index is 10.1. The first kappa shape index (κ1) is 11.0. The van der Waals surface area contributed by atoms with Crippen LogP contribution in [0.2, 0.25) is 0 Å². The molecule has 0 aromatic heterocycles. The van der Waals surface area contributed by atoms with Crippen molar-refractivity contribution in [3.05, 3.63) is 0 Å². The third-order valence-electron chi connectivity index (χ3n) is 3.17. The summed E-state index contributed by atoms with van der Waals surface area (Å²) in [4.78, 5) is 0. The molecule has 0 amide bonds. The van der Waals surface area contributed by atoms with Crippen LogP contribution in [0, 0.1) is 0 Å². The Morgan fingerprint density at radius 1 is 1.23 bits per heavy atom. The molecule has 1 fully saturated rings. The molecule has 0 aromatic rings. The highest BCUT2D eigenvalue weighted by atomic mass is 16.3. The van der Waals surface area contributed by atoms with Crippen molar-refractivity contribution in [2.75, 3.05) is 0 Å². The van der Waals surface area contributed by atoms with Gasteiger partial charge in [0.05, 0.1) is 11.7 Å². The Kier molecular flexibility index (Phi) is 4.20. The van der Waals surface area contributed by atoms with Crippen molar-refractivity contribution >= 4 is 0 Å². The van der Waals surface area contributed by atoms with Crippen molar-refractivity contribution < 1.29 is 10.2 Å². The fraction of sp³-hybridized carbons (Fsp3) is 1.00. The molecule has 1 unspecified atom stereocenters. The van der Waals surface area contributed by atoms with Gasteiger partial charge < -0.3 is 10.2 Å². The second-order valence-corrected chi connectivity index (χ2v) is 4.32. The first-order valence-electron chi connectivity index (χ1n) is 5.59. The summed E-state index contributed by atoms with van der Waals surface area (Å²) in [7, 11) is 0. The summed E-state index contributed by atoms with van der Waals surface area (Å²) in [6.45, 7) is 2.11. The van der Waals surface area contributed by atoms with Gasteiger partial charge in [-0.25, -0.2) is 0 Å². The van der Waals surface area contributed by atoms with Crippen molar-refractivity contribution in [3.63, 3.8) is 0 Å². The second kappa shape index (κ2) is 4.97. The van der Waals surface area contributed by atoms with Crippen LogP contribution in [0.1, 0.15) is 58.3 Å². The number of hydrogen-bond acceptors (Lipinski definition) is 2. The first-order chi connectivity index (χ1) is 6.19. The van der Waals surface area contributed by atoms with E-state index in [1.807, 2.05) is 0 Å². The van der Waals surface area contributed by atoms with E-state index < -0.39 is 11.7 Å². The Morgan fingerprint density at radius 3 is 2.38 bits per heavy atom. The average Bonchev–Trinajstić information content (AvgIpc) is 2.15. The van der Waals surface area contributed by atoms with Crippen LogP contribution in [-0.2, 0) is 0 Å². The van der Waals surface area contributed by atoms with Gasteiger partial charge in [-0.3, -0.25) is 0 Å². The van der Waals surface area contributed by atoms with E-state index in [0.717, 1.165) is 44.9 Å². The molecule has 1 saturated carbocycles. The lowest BCUT2D eigenvalue weighted by Gasteiger charge is -2.36. The summed E-state index contributed by atoms with van der Waals surface area (Å²) < 4.78 is 0. The largest absolute Gasteiger partial charge is 0.390 e. The molecule has 1 aliphatic carbocycles. The van der Waals surface area contributed by atoms with Crippen molar-refractivity contribution in [2.45, 2.75) is 70.0 Å². The van der Waals surface area contributed by atoms with Gasteiger partial charge in [-0.05, 0) is 19.3 Å². The molecule has 0 bridgehead atoms. The molecule has 1 rings (SSSR count). The highest BCUT2D eigenvalue weighted by Gasteiger charge is 2.35. The third kappa shape index (κ3) is 2.96. The van der Waals surface area contributed by atoms with E-state index in [4.69, 9.17) is 0 Å². The van der Waals surface area contributed by atoms with Crippen molar-refractivity contribution in [3.8, 4) is 0 Å². The fourth-order valence-corrected chi connectivity index (χ4v) is 2.16. The maximum Gasteiger partial charge on any atom is 0.0905 e. The second-order valence-electron chi connectivity index (χ2n) is 4.32. The van der Waals surface area contributed by atoms with Crippen LogP contribution >= 0.6 is 0 Å². The van der Waals surface area contributed by atoms with Gasteiger partial charge in [-0.15, -0.1) is 0 Å². The van der Waals surface area contributed by atoms with Gasteiger partial charge >= 0.3 is 0 Å². The number of unbranched alkanes of at least 4 members (excludes halogenated alkanes) is 1. The van der Waals surface area contributed by atoms with Crippen LogP contribution in [0.4, 0.5) is 0 Å². The Morgan fingerprint density at radius 2 is 1.85 bits per heavy atom. The van der Waals surface area contributed by atoms with E-state index in [-0.39, 0.29) is 0 Å². The Labute approximate surface area is 81.0 Å². The predicted molar refractivity (Wildman–Crippen MR) is 53.6 cm³/mol. The summed E-state index contributed by atoms with van der Waals surface area (Å²) >= 11 is 0. The fourth-order valence-electron chi connectivity index (χ4n) is 2.16. The van der Waals surface area contributed by atoms with Crippen molar-refractivity contribution in [1.29, 1.82) is 0 Å². The van der Waals surface area contributed by atoms with Crippen molar-refractivity contribution in [1.82, 2.24) is 0 Å². The molecule has 0 saturated heterocycles. The molecule has 1 aliphatic rings. The highest BCUT2D eigenvalue weighted by molar-refractivity contribution is 4.88. The molecule has 0 aliphatic heterocycles. The van der Waals surface area contributed by atoms with Crippen molar-refractivity contribution in [2.24, 2.45) is 0 Å². The lowest BCUT2D eigenvalue weighted by molar-refractivity contribution is -0.0999. The zero-order chi connectivity index (χ0) is 9.73. The van der Waals surface area contributed by atoms with E-state index in [0.29, 0.717) is 0 Å². The van der Waals surface area contributed by atoms with Crippen LogP contribution in [0.3, 0.4) is 0 Å². The lowest BCUT2D eigenvalue weighted by Crippen LogP contribution is -2.43. The monoisotopic (exact) mass is 186 g/mol. The average molecular weight is 186 g/mol. The quantitative estimate of drug-likeness (QED) is 0.707. The predicted octanol–water partition coefficient (Wildman–Crippen LogP) is 2.23. The minimum absolute atomic E-state index is 0.493. The summed E-state index contributed by atoms with van der Waals surface area (Å²) in [5, 5.41) is 19.9. The topological polar surface area (TPSA) is 40.5 Å². The minimum atomic E-state index is -0.757. The molecular weight excluding hydrogens is 164 g/mol. The summed E-state index contributed by atoms with van der Waals surface area (Å²) in [6.07, 6.45) is 7.30. The third-order valence-corrected chi connectivity index (χ3v) is 3.17. The molecule has 0 aromatic carbocycles. The molecule has 2 N–H and O–H groups in total. The van der Waals surface area contributed by atoms with Gasteiger partial charge in [-0.1, -0.05) is 39.0 Å². The summed E-state index contributed by atoms with van der Waals surface area (Å²) in [5.74, 6) is 0. The maximum atomic E-state index is 10.1. The van der Waals surface area contributed by atoms with Gasteiger partial charge in [0.15, 0.2) is 0 Å². The molecule has 2 heteroatoms. The van der Waals surface area contributed by atoms with Gasteiger partial charge in [-0.2, -0.15) is 0 Å². The van der Waals surface area contributed by atoms with E-state index in [1.165, 1.54) is 6.42 Å². The standard InChI is InChI=1S/C11H22O2/c1-2-3-7-10(12)11(13)8-5-4-6-9-11/h10,12-13H,2-9H2,1H3. The van der Waals surface area contributed by atoms with Crippen LogP contribution < -0.4 is 0 Å². The molecule has 78 valence electrons. The van der Waals surface area contributed by atoms with Gasteiger partial charge in [0.25, 0.3) is 0 Å². The summed E-state index contributed by atoms with van der Waals surface area (Å²) in [6, 6.07) is 0. The van der Waals surface area contributed by atoms with Crippen LogP contribution in [0.25, 0.3) is 0 Å². The molecule has 1 atom stereocenters. The number of hydrogen-bond donors (Lipinski definition) is 2. The molecule has 0 heterocycles. The van der Waals surface area contributed by atoms with Crippen LogP contribution in [-0.4, -0.2) is 21.9 Å². The zero-order valence-corrected chi connectivity index (χ0v) is 8.63. The molecule has 2 nitrogen and oxygen atoms in total. The number of rotatable bonds is 4. The van der Waals surface area contributed by atoms with Crippen LogP contribution in [0.5, 0.6) is 0 Å². The van der Waals surface area contributed by atoms with Gasteiger partial charge in [0.2, 0.25) is 0 Å². The minimum Gasteiger partial charge on any atom is -0.390 e. The Bertz CT molecular complexity index is 139. The normalized spacial score (nSPS) is 24.2. The van der Waals surface area contributed by atoms with Gasteiger partial charge in [0.1, 0.15) is 0 Å². The first-order valence-corrected chi connectivity index (χ1v) is 5.59. The zero-order valence-electron chi connectivity index (χ0n) is 8.63. The van der Waals surface area contributed by atoms with Gasteiger partial charge in [0, 0.05) is 0 Å². The molecule has 0 spiro atoms. The highest BCUT2D eigenvalue weighted by Crippen LogP contribution is 2.32. The van der Waals surface area contributed by atoms with E-state index in [2.05, 4.69) is 6.92 Å². The Balaban J connectivity index is 2.37. The molecule has 0 radical (unpaired) electrons. The number of aliphatic hydroxyl groups is 2. The van der Waals surface area contributed by atoms with E-state index in [1.54, 1.807) is 0 Å². The van der Waals surface area contributed by atoms with E-state index in [9.17, 15) is 10.2 Å². The molecule has 13 heavy (non-hydrogen) atoms. The van der Waals surface area contributed by atoms with E-state index >= 15 is 0 Å².